The molecule has 0 aromatic heterocycles. The topological polar surface area (TPSA) is 29.4 Å². The third-order valence-electron chi connectivity index (χ3n) is 4.33. The van der Waals surface area contributed by atoms with Gasteiger partial charge in [0.25, 0.3) is 0 Å². The second-order valence-corrected chi connectivity index (χ2v) is 5.39. The van der Waals surface area contributed by atoms with E-state index in [4.69, 9.17) is 0 Å². The number of hydrogen-bond donors (Lipinski definition) is 0. The molecule has 0 amide bonds. The third kappa shape index (κ3) is 4.23. The summed E-state index contributed by atoms with van der Waals surface area (Å²) in [7, 11) is 0. The maximum Gasteiger partial charge on any atom is 0.0813 e. The zero-order valence-corrected chi connectivity index (χ0v) is 11.0. The molecule has 0 aromatic rings. The molecule has 1 rings (SSSR count). The van der Waals surface area contributed by atoms with Gasteiger partial charge in [0.1, 0.15) is 0 Å². The van der Waals surface area contributed by atoms with E-state index in [1.165, 1.54) is 44.9 Å². The first kappa shape index (κ1) is 13.7. The van der Waals surface area contributed by atoms with Crippen LogP contribution in [0.3, 0.4) is 0 Å². The van der Waals surface area contributed by atoms with E-state index in [2.05, 4.69) is 19.0 Å². The molecule has 16 heavy (non-hydrogen) atoms. The summed E-state index contributed by atoms with van der Waals surface area (Å²) in [6.07, 6.45) is 10.5. The standard InChI is InChI=1S/C14H27NO/c1-3-5-6-12(9-10-15-16)11-14-8-7-13(14)4-2/h12-14H,3-11H2,1-2H3. The van der Waals surface area contributed by atoms with E-state index in [9.17, 15) is 4.91 Å². The molecule has 0 bridgehead atoms. The number of rotatable bonds is 9. The lowest BCUT2D eigenvalue weighted by atomic mass is 9.67. The summed E-state index contributed by atoms with van der Waals surface area (Å²) in [6.45, 7) is 5.08. The van der Waals surface area contributed by atoms with Gasteiger partial charge in [0.2, 0.25) is 0 Å². The summed E-state index contributed by atoms with van der Waals surface area (Å²) < 4.78 is 0. The Labute approximate surface area is 100 Å². The Hall–Kier alpha value is -0.400. The van der Waals surface area contributed by atoms with E-state index in [0.29, 0.717) is 6.54 Å². The summed E-state index contributed by atoms with van der Waals surface area (Å²) in [4.78, 5) is 10.2. The first-order valence-electron chi connectivity index (χ1n) is 7.10. The average molecular weight is 225 g/mol. The summed E-state index contributed by atoms with van der Waals surface area (Å²) in [5, 5.41) is 3.02. The Morgan fingerprint density at radius 1 is 1.19 bits per heavy atom. The molecule has 0 heterocycles. The van der Waals surface area contributed by atoms with Crippen molar-refractivity contribution in [3.05, 3.63) is 4.91 Å². The van der Waals surface area contributed by atoms with Crippen molar-refractivity contribution < 1.29 is 0 Å². The van der Waals surface area contributed by atoms with Gasteiger partial charge in [-0.1, -0.05) is 44.7 Å². The maximum atomic E-state index is 10.2. The summed E-state index contributed by atoms with van der Waals surface area (Å²) in [6, 6.07) is 0. The quantitative estimate of drug-likeness (QED) is 0.519. The van der Waals surface area contributed by atoms with Gasteiger partial charge >= 0.3 is 0 Å². The Morgan fingerprint density at radius 3 is 2.44 bits per heavy atom. The minimum absolute atomic E-state index is 0.526. The Balaban J connectivity index is 2.27. The molecule has 0 radical (unpaired) electrons. The van der Waals surface area contributed by atoms with Crippen molar-refractivity contribution in [2.45, 2.75) is 65.2 Å². The molecule has 2 heteroatoms. The second kappa shape index (κ2) is 7.81. The third-order valence-corrected chi connectivity index (χ3v) is 4.33. The molecule has 1 saturated carbocycles. The van der Waals surface area contributed by atoms with E-state index < -0.39 is 0 Å². The van der Waals surface area contributed by atoms with Crippen molar-refractivity contribution >= 4 is 0 Å². The van der Waals surface area contributed by atoms with Crippen LogP contribution in [0.1, 0.15) is 65.2 Å². The number of hydrogen-bond acceptors (Lipinski definition) is 2. The van der Waals surface area contributed by atoms with Gasteiger partial charge in [0.15, 0.2) is 0 Å². The van der Waals surface area contributed by atoms with E-state index in [-0.39, 0.29) is 0 Å². The molecule has 2 nitrogen and oxygen atoms in total. The molecule has 1 fully saturated rings. The molecule has 3 atom stereocenters. The highest BCUT2D eigenvalue weighted by molar-refractivity contribution is 4.82. The highest BCUT2D eigenvalue weighted by Crippen LogP contribution is 2.41. The predicted octanol–water partition coefficient (Wildman–Crippen LogP) is 4.78. The Morgan fingerprint density at radius 2 is 1.94 bits per heavy atom. The minimum atomic E-state index is 0.526. The lowest BCUT2D eigenvalue weighted by molar-refractivity contribution is 0.130. The summed E-state index contributed by atoms with van der Waals surface area (Å²) in [5.74, 6) is 2.70. The molecular weight excluding hydrogens is 198 g/mol. The van der Waals surface area contributed by atoms with Crippen LogP contribution in [0.25, 0.3) is 0 Å². The van der Waals surface area contributed by atoms with Crippen molar-refractivity contribution in [3.8, 4) is 0 Å². The largest absolute Gasteiger partial charge is 0.151 e. The van der Waals surface area contributed by atoms with Gasteiger partial charge in [0, 0.05) is 0 Å². The molecule has 1 aliphatic rings. The molecular formula is C14H27NO. The second-order valence-electron chi connectivity index (χ2n) is 5.39. The monoisotopic (exact) mass is 225 g/mol. The lowest BCUT2D eigenvalue weighted by Crippen LogP contribution is -2.27. The van der Waals surface area contributed by atoms with Crippen LogP contribution in [0.2, 0.25) is 0 Å². The molecule has 3 unspecified atom stereocenters. The smallest absolute Gasteiger partial charge is 0.0813 e. The number of unbranched alkanes of at least 4 members (excludes halogenated alkanes) is 1. The molecule has 0 spiro atoms. The fourth-order valence-corrected chi connectivity index (χ4v) is 3.02. The lowest BCUT2D eigenvalue weighted by Gasteiger charge is -2.38. The Bertz CT molecular complexity index is 191. The fourth-order valence-electron chi connectivity index (χ4n) is 3.02. The predicted molar refractivity (Wildman–Crippen MR) is 69.4 cm³/mol. The molecule has 0 aliphatic heterocycles. The average Bonchev–Trinajstić information content (AvgIpc) is 2.27. The van der Waals surface area contributed by atoms with Crippen molar-refractivity contribution in [2.24, 2.45) is 22.9 Å². The zero-order valence-electron chi connectivity index (χ0n) is 11.0. The summed E-state index contributed by atoms with van der Waals surface area (Å²) >= 11 is 0. The van der Waals surface area contributed by atoms with Gasteiger partial charge in [-0.15, -0.1) is 0 Å². The van der Waals surface area contributed by atoms with E-state index in [1.807, 2.05) is 0 Å². The SMILES string of the molecule is CCCCC(CCN=O)CC1CCC1CC. The molecule has 1 aliphatic carbocycles. The van der Waals surface area contributed by atoms with Gasteiger partial charge < -0.3 is 0 Å². The summed E-state index contributed by atoms with van der Waals surface area (Å²) in [5.41, 5.74) is 0. The van der Waals surface area contributed by atoms with Crippen LogP contribution in [0, 0.1) is 22.7 Å². The van der Waals surface area contributed by atoms with Gasteiger partial charge in [-0.05, 0) is 43.4 Å². The molecule has 0 saturated heterocycles. The molecule has 0 N–H and O–H groups in total. The van der Waals surface area contributed by atoms with E-state index in [1.54, 1.807) is 0 Å². The molecule has 0 aromatic carbocycles. The van der Waals surface area contributed by atoms with Crippen molar-refractivity contribution in [2.75, 3.05) is 6.54 Å². The maximum absolute atomic E-state index is 10.2. The highest BCUT2D eigenvalue weighted by Gasteiger charge is 2.30. The van der Waals surface area contributed by atoms with Crippen LogP contribution in [0.5, 0.6) is 0 Å². The van der Waals surface area contributed by atoms with Crippen LogP contribution in [0.15, 0.2) is 5.18 Å². The van der Waals surface area contributed by atoms with Crippen LogP contribution < -0.4 is 0 Å². The van der Waals surface area contributed by atoms with Gasteiger partial charge in [-0.2, -0.15) is 4.91 Å². The van der Waals surface area contributed by atoms with Gasteiger partial charge in [-0.3, -0.25) is 0 Å². The van der Waals surface area contributed by atoms with E-state index >= 15 is 0 Å². The minimum Gasteiger partial charge on any atom is -0.151 e. The van der Waals surface area contributed by atoms with Crippen molar-refractivity contribution in [1.29, 1.82) is 0 Å². The fraction of sp³-hybridized carbons (Fsp3) is 1.00. The highest BCUT2D eigenvalue weighted by atomic mass is 16.3. The molecule has 94 valence electrons. The van der Waals surface area contributed by atoms with Crippen LogP contribution >= 0.6 is 0 Å². The first-order chi connectivity index (χ1) is 7.81. The van der Waals surface area contributed by atoms with Crippen molar-refractivity contribution in [1.82, 2.24) is 0 Å². The van der Waals surface area contributed by atoms with Crippen LogP contribution in [0.4, 0.5) is 0 Å². The normalized spacial score (nSPS) is 26.1. The van der Waals surface area contributed by atoms with Crippen LogP contribution in [-0.2, 0) is 0 Å². The number of nitrogens with zero attached hydrogens (tertiary/aromatic N) is 1. The van der Waals surface area contributed by atoms with E-state index in [0.717, 1.165) is 24.2 Å². The van der Waals surface area contributed by atoms with Gasteiger partial charge in [0.05, 0.1) is 6.54 Å². The van der Waals surface area contributed by atoms with Crippen molar-refractivity contribution in [3.63, 3.8) is 0 Å². The first-order valence-corrected chi connectivity index (χ1v) is 7.10. The van der Waals surface area contributed by atoms with Crippen LogP contribution in [-0.4, -0.2) is 6.54 Å². The zero-order chi connectivity index (χ0) is 11.8. The Kier molecular flexibility index (Phi) is 6.67. The van der Waals surface area contributed by atoms with Gasteiger partial charge in [-0.25, -0.2) is 0 Å². The number of nitroso groups, excluding NO2 is 1.